The molecule has 0 bridgehead atoms. The summed E-state index contributed by atoms with van der Waals surface area (Å²) >= 11 is 0. The molecule has 0 aromatic heterocycles. The summed E-state index contributed by atoms with van der Waals surface area (Å²) < 4.78 is 0. The first kappa shape index (κ1) is 25.1. The Kier molecular flexibility index (Phi) is 13.8. The average molecular weight is 337 g/mol. The van der Waals surface area contributed by atoms with Gasteiger partial charge in [-0.05, 0) is 73.6 Å². The number of rotatable bonds is 9. The predicted octanol–water partition coefficient (Wildman–Crippen LogP) is 6.12. The predicted molar refractivity (Wildman–Crippen MR) is 108 cm³/mol. The number of hydrogen-bond donors (Lipinski definition) is 2. The van der Waals surface area contributed by atoms with Crippen LogP contribution in [0.1, 0.15) is 80.6 Å². The van der Waals surface area contributed by atoms with Crippen molar-refractivity contribution >= 4 is 0 Å². The molecule has 2 N–H and O–H groups in total. The van der Waals surface area contributed by atoms with Crippen LogP contribution in [0.25, 0.3) is 0 Å². The van der Waals surface area contributed by atoms with Gasteiger partial charge >= 0.3 is 0 Å². The third kappa shape index (κ3) is 18.9. The van der Waals surface area contributed by atoms with E-state index >= 15 is 0 Å². The molecule has 0 spiro atoms. The summed E-state index contributed by atoms with van der Waals surface area (Å²) in [6.45, 7) is 17.5. The third-order valence-corrected chi connectivity index (χ3v) is 3.56. The molecule has 0 amide bonds. The Morgan fingerprint density at radius 1 is 0.875 bits per heavy atom. The van der Waals surface area contributed by atoms with Crippen molar-refractivity contribution in [3.63, 3.8) is 0 Å². The molecule has 2 atom stereocenters. The fourth-order valence-corrected chi connectivity index (χ4v) is 1.86. The van der Waals surface area contributed by atoms with Gasteiger partial charge in [-0.3, -0.25) is 0 Å². The van der Waals surface area contributed by atoms with Crippen molar-refractivity contribution in [2.45, 2.75) is 91.8 Å². The molecule has 0 saturated carbocycles. The van der Waals surface area contributed by atoms with Gasteiger partial charge in [0.2, 0.25) is 0 Å². The van der Waals surface area contributed by atoms with E-state index in [9.17, 15) is 10.2 Å². The highest BCUT2D eigenvalue weighted by atomic mass is 16.3. The second-order valence-electron chi connectivity index (χ2n) is 7.37. The van der Waals surface area contributed by atoms with Gasteiger partial charge in [-0.25, -0.2) is 0 Å². The van der Waals surface area contributed by atoms with Crippen LogP contribution < -0.4 is 0 Å². The number of aliphatic hydroxyl groups is 2. The van der Waals surface area contributed by atoms with Crippen LogP contribution in [0.2, 0.25) is 0 Å². The molecule has 0 saturated heterocycles. The first-order valence-electron chi connectivity index (χ1n) is 8.98. The SMILES string of the molecule is C=CC(C)(O)CCC=C(C)C.CCC=CC(C)(O)CCC=C(C)C. The molecule has 24 heavy (non-hydrogen) atoms. The molecule has 2 nitrogen and oxygen atoms in total. The zero-order valence-corrected chi connectivity index (χ0v) is 17.0. The van der Waals surface area contributed by atoms with Crippen LogP contribution in [0, 0.1) is 0 Å². The van der Waals surface area contributed by atoms with Crippen LogP contribution in [-0.2, 0) is 0 Å². The molecule has 0 aliphatic rings. The highest BCUT2D eigenvalue weighted by Gasteiger charge is 2.14. The molecular weight excluding hydrogens is 296 g/mol. The molecule has 0 aliphatic carbocycles. The van der Waals surface area contributed by atoms with Gasteiger partial charge in [-0.2, -0.15) is 0 Å². The summed E-state index contributed by atoms with van der Waals surface area (Å²) in [6, 6.07) is 0. The largest absolute Gasteiger partial charge is 0.386 e. The maximum absolute atomic E-state index is 9.84. The molecule has 0 aromatic rings. The Morgan fingerprint density at radius 3 is 1.62 bits per heavy atom. The Labute approximate surface area is 150 Å². The maximum Gasteiger partial charge on any atom is 0.0802 e. The van der Waals surface area contributed by atoms with Crippen molar-refractivity contribution in [1.82, 2.24) is 0 Å². The van der Waals surface area contributed by atoms with E-state index < -0.39 is 11.2 Å². The van der Waals surface area contributed by atoms with Crippen molar-refractivity contribution in [1.29, 1.82) is 0 Å². The summed E-state index contributed by atoms with van der Waals surface area (Å²) in [5.41, 5.74) is 1.27. The minimum absolute atomic E-state index is 0.637. The molecule has 2 heteroatoms. The van der Waals surface area contributed by atoms with Gasteiger partial charge < -0.3 is 10.2 Å². The van der Waals surface area contributed by atoms with Crippen LogP contribution in [0.3, 0.4) is 0 Å². The molecule has 0 radical (unpaired) electrons. The normalized spacial score (nSPS) is 15.5. The lowest BCUT2D eigenvalue weighted by Crippen LogP contribution is -2.19. The molecule has 0 heterocycles. The van der Waals surface area contributed by atoms with Gasteiger partial charge in [0.15, 0.2) is 0 Å². The summed E-state index contributed by atoms with van der Waals surface area (Å²) in [7, 11) is 0. The lowest BCUT2D eigenvalue weighted by atomic mass is 9.98. The van der Waals surface area contributed by atoms with Gasteiger partial charge in [-0.15, -0.1) is 6.58 Å². The van der Waals surface area contributed by atoms with E-state index in [1.54, 1.807) is 13.0 Å². The Balaban J connectivity index is 0. The molecule has 140 valence electrons. The summed E-state index contributed by atoms with van der Waals surface area (Å²) in [6.07, 6.45) is 14.2. The lowest BCUT2D eigenvalue weighted by Gasteiger charge is -2.17. The zero-order valence-electron chi connectivity index (χ0n) is 17.0. The first-order chi connectivity index (χ1) is 11.0. The second kappa shape index (κ2) is 13.2. The van der Waals surface area contributed by atoms with Gasteiger partial charge in [0.1, 0.15) is 0 Å². The number of allylic oxidation sites excluding steroid dienone is 5. The van der Waals surface area contributed by atoms with Gasteiger partial charge in [0.25, 0.3) is 0 Å². The fourth-order valence-electron chi connectivity index (χ4n) is 1.86. The monoisotopic (exact) mass is 336 g/mol. The highest BCUT2D eigenvalue weighted by molar-refractivity contribution is 5.01. The van der Waals surface area contributed by atoms with Gasteiger partial charge in [0.05, 0.1) is 11.2 Å². The zero-order chi connectivity index (χ0) is 19.2. The maximum atomic E-state index is 9.84. The molecule has 2 unspecified atom stereocenters. The smallest absolute Gasteiger partial charge is 0.0802 e. The van der Waals surface area contributed by atoms with E-state index in [4.69, 9.17) is 0 Å². The van der Waals surface area contributed by atoms with Crippen molar-refractivity contribution in [3.05, 3.63) is 48.1 Å². The van der Waals surface area contributed by atoms with Crippen molar-refractivity contribution < 1.29 is 10.2 Å². The summed E-state index contributed by atoms with van der Waals surface area (Å²) in [5, 5.41) is 19.3. The third-order valence-electron chi connectivity index (χ3n) is 3.56. The van der Waals surface area contributed by atoms with E-state index in [0.29, 0.717) is 0 Å². The molecule has 0 fully saturated rings. The minimum Gasteiger partial charge on any atom is -0.386 e. The van der Waals surface area contributed by atoms with Crippen LogP contribution in [0.5, 0.6) is 0 Å². The Morgan fingerprint density at radius 2 is 1.29 bits per heavy atom. The Hall–Kier alpha value is -1.12. The van der Waals surface area contributed by atoms with E-state index in [-0.39, 0.29) is 0 Å². The first-order valence-corrected chi connectivity index (χ1v) is 8.98. The molecule has 0 aromatic carbocycles. The topological polar surface area (TPSA) is 40.5 Å². The molecular formula is C22H40O2. The number of hydrogen-bond acceptors (Lipinski definition) is 2. The minimum atomic E-state index is -0.702. The van der Waals surface area contributed by atoms with Crippen molar-refractivity contribution in [3.8, 4) is 0 Å². The van der Waals surface area contributed by atoms with Crippen LogP contribution in [0.15, 0.2) is 48.1 Å². The Bertz CT molecular complexity index is 415. The van der Waals surface area contributed by atoms with E-state index in [1.807, 2.05) is 19.1 Å². The van der Waals surface area contributed by atoms with Crippen LogP contribution in [0.4, 0.5) is 0 Å². The average Bonchev–Trinajstić information content (AvgIpc) is 2.44. The lowest BCUT2D eigenvalue weighted by molar-refractivity contribution is 0.102. The molecule has 0 rings (SSSR count). The second-order valence-corrected chi connectivity index (χ2v) is 7.37. The van der Waals surface area contributed by atoms with E-state index in [1.165, 1.54) is 11.1 Å². The summed E-state index contributed by atoms with van der Waals surface area (Å²) in [4.78, 5) is 0. The van der Waals surface area contributed by atoms with Gasteiger partial charge in [-0.1, -0.05) is 48.5 Å². The van der Waals surface area contributed by atoms with Crippen molar-refractivity contribution in [2.24, 2.45) is 0 Å². The van der Waals surface area contributed by atoms with Crippen LogP contribution >= 0.6 is 0 Å². The van der Waals surface area contributed by atoms with E-state index in [2.05, 4.69) is 53.3 Å². The standard InChI is InChI=1S/C12H22O.C10H18O/c1-5-6-9-12(4,13)10-7-8-11(2)3;1-5-10(4,11)8-6-7-9(2)3/h6,8-9,13H,5,7,10H2,1-4H3;5,7,11H,1,6,8H2,2-4H3. The quantitative estimate of drug-likeness (QED) is 0.498. The van der Waals surface area contributed by atoms with Crippen LogP contribution in [-0.4, -0.2) is 21.4 Å². The van der Waals surface area contributed by atoms with E-state index in [0.717, 1.165) is 32.1 Å². The van der Waals surface area contributed by atoms with Gasteiger partial charge in [0, 0.05) is 0 Å². The van der Waals surface area contributed by atoms with Crippen molar-refractivity contribution in [2.75, 3.05) is 0 Å². The summed E-state index contributed by atoms with van der Waals surface area (Å²) in [5.74, 6) is 0. The highest BCUT2D eigenvalue weighted by Crippen LogP contribution is 2.15. The molecule has 0 aliphatic heterocycles. The fraction of sp³-hybridized carbons (Fsp3) is 0.636.